The van der Waals surface area contributed by atoms with Gasteiger partial charge in [-0.25, -0.2) is 9.97 Å². The van der Waals surface area contributed by atoms with Crippen LogP contribution in [0.1, 0.15) is 34.9 Å². The summed E-state index contributed by atoms with van der Waals surface area (Å²) in [4.78, 5) is 23.3. The predicted octanol–water partition coefficient (Wildman–Crippen LogP) is 1.97. The van der Waals surface area contributed by atoms with E-state index < -0.39 is 5.79 Å². The van der Waals surface area contributed by atoms with Gasteiger partial charge >= 0.3 is 0 Å². The molecule has 138 valence electrons. The highest BCUT2D eigenvalue weighted by Crippen LogP contribution is 2.31. The van der Waals surface area contributed by atoms with Crippen LogP contribution in [-0.2, 0) is 16.0 Å². The van der Waals surface area contributed by atoms with Crippen LogP contribution < -0.4 is 5.32 Å². The molecular formula is C18H22N4O4. The Morgan fingerprint density at radius 2 is 2.04 bits per heavy atom. The molecule has 1 spiro atoms. The largest absolute Gasteiger partial charge is 0.467 e. The molecule has 2 aliphatic rings. The van der Waals surface area contributed by atoms with Gasteiger partial charge in [0.15, 0.2) is 5.79 Å². The summed E-state index contributed by atoms with van der Waals surface area (Å²) in [7, 11) is 0. The Bertz CT molecular complexity index is 762. The third-order valence-corrected chi connectivity index (χ3v) is 4.71. The fraction of sp³-hybridized carbons (Fsp3) is 0.500. The van der Waals surface area contributed by atoms with Crippen LogP contribution in [0.5, 0.6) is 0 Å². The summed E-state index contributed by atoms with van der Waals surface area (Å²) in [6.07, 6.45) is 3.00. The van der Waals surface area contributed by atoms with E-state index >= 15 is 0 Å². The summed E-state index contributed by atoms with van der Waals surface area (Å²) < 4.78 is 16.7. The van der Waals surface area contributed by atoms with E-state index in [9.17, 15) is 4.79 Å². The second-order valence-corrected chi connectivity index (χ2v) is 6.52. The van der Waals surface area contributed by atoms with E-state index in [4.69, 9.17) is 13.9 Å². The number of amides is 1. The number of aryl methyl sites for hydroxylation is 1. The molecule has 0 saturated carbocycles. The number of anilines is 1. The number of piperidine rings is 1. The van der Waals surface area contributed by atoms with Gasteiger partial charge in [-0.2, -0.15) is 0 Å². The Morgan fingerprint density at radius 3 is 2.73 bits per heavy atom. The molecule has 0 aliphatic carbocycles. The lowest BCUT2D eigenvalue weighted by Crippen LogP contribution is -2.47. The molecule has 2 aromatic rings. The number of aromatic nitrogens is 2. The Balaban J connectivity index is 1.42. The Kier molecular flexibility index (Phi) is 4.60. The minimum atomic E-state index is -0.492. The van der Waals surface area contributed by atoms with Crippen molar-refractivity contribution in [1.29, 1.82) is 0 Å². The number of furan rings is 1. The zero-order valence-electron chi connectivity index (χ0n) is 14.7. The minimum absolute atomic E-state index is 0.0932. The van der Waals surface area contributed by atoms with Crippen molar-refractivity contribution >= 4 is 11.7 Å². The highest BCUT2D eigenvalue weighted by atomic mass is 16.7. The molecule has 4 rings (SSSR count). The van der Waals surface area contributed by atoms with Crippen LogP contribution in [0.4, 0.5) is 5.82 Å². The molecule has 2 aliphatic heterocycles. The summed E-state index contributed by atoms with van der Waals surface area (Å²) in [6, 6.07) is 5.40. The van der Waals surface area contributed by atoms with Gasteiger partial charge in [-0.15, -0.1) is 0 Å². The van der Waals surface area contributed by atoms with Crippen LogP contribution in [0.2, 0.25) is 0 Å². The summed E-state index contributed by atoms with van der Waals surface area (Å²) in [6.45, 7) is 4.72. The first-order chi connectivity index (χ1) is 12.6. The van der Waals surface area contributed by atoms with Crippen molar-refractivity contribution in [1.82, 2.24) is 14.9 Å². The lowest BCUT2D eigenvalue weighted by Gasteiger charge is -2.37. The molecule has 0 bridgehead atoms. The summed E-state index contributed by atoms with van der Waals surface area (Å²) in [5.41, 5.74) is 0.392. The van der Waals surface area contributed by atoms with Crippen molar-refractivity contribution in [2.75, 3.05) is 31.6 Å². The fourth-order valence-electron chi connectivity index (χ4n) is 3.36. The van der Waals surface area contributed by atoms with Gasteiger partial charge in [0.2, 0.25) is 0 Å². The Labute approximate surface area is 151 Å². The number of hydrogen-bond acceptors (Lipinski definition) is 7. The molecule has 0 radical (unpaired) electrons. The maximum Gasteiger partial charge on any atom is 0.272 e. The van der Waals surface area contributed by atoms with Crippen LogP contribution >= 0.6 is 0 Å². The van der Waals surface area contributed by atoms with Gasteiger partial charge in [0, 0.05) is 32.0 Å². The smallest absolute Gasteiger partial charge is 0.272 e. The van der Waals surface area contributed by atoms with Crippen LogP contribution in [0.15, 0.2) is 28.9 Å². The number of nitrogens with zero attached hydrogens (tertiary/aromatic N) is 3. The summed E-state index contributed by atoms with van der Waals surface area (Å²) in [5, 5.41) is 3.17. The number of rotatable bonds is 4. The van der Waals surface area contributed by atoms with E-state index in [0.29, 0.717) is 63.0 Å². The number of likely N-dealkylation sites (tertiary alicyclic amines) is 1. The average Bonchev–Trinajstić information content (AvgIpc) is 3.32. The molecule has 2 saturated heterocycles. The molecule has 2 fully saturated rings. The molecule has 0 atom stereocenters. The summed E-state index contributed by atoms with van der Waals surface area (Å²) in [5.74, 6) is 1.37. The standard InChI is InChI=1S/C18H22N4O4/c1-13-20-15(11-16(21-13)19-12-14-3-2-8-24-14)17(23)22-6-4-18(5-7-22)25-9-10-26-18/h2-3,8,11H,4-7,9-10,12H2,1H3,(H,19,20,21). The number of hydrogen-bond donors (Lipinski definition) is 1. The van der Waals surface area contributed by atoms with Crippen molar-refractivity contribution in [3.8, 4) is 0 Å². The van der Waals surface area contributed by atoms with Gasteiger partial charge in [-0.1, -0.05) is 0 Å². The van der Waals surface area contributed by atoms with E-state index in [1.54, 1.807) is 24.2 Å². The van der Waals surface area contributed by atoms with E-state index in [2.05, 4.69) is 15.3 Å². The zero-order chi connectivity index (χ0) is 18.0. The van der Waals surface area contributed by atoms with Crippen LogP contribution in [0, 0.1) is 6.92 Å². The SMILES string of the molecule is Cc1nc(NCc2ccco2)cc(C(=O)N2CCC3(CC2)OCCO3)n1. The van der Waals surface area contributed by atoms with Crippen molar-refractivity contribution in [3.63, 3.8) is 0 Å². The van der Waals surface area contributed by atoms with Crippen molar-refractivity contribution in [3.05, 3.63) is 41.7 Å². The van der Waals surface area contributed by atoms with Gasteiger partial charge in [0.05, 0.1) is 26.0 Å². The Hall–Kier alpha value is -2.45. The average molecular weight is 358 g/mol. The third-order valence-electron chi connectivity index (χ3n) is 4.71. The number of carbonyl (C=O) groups excluding carboxylic acids is 1. The lowest BCUT2D eigenvalue weighted by molar-refractivity contribution is -0.181. The van der Waals surface area contributed by atoms with Gasteiger partial charge in [-0.05, 0) is 19.1 Å². The Morgan fingerprint density at radius 1 is 1.27 bits per heavy atom. The number of ether oxygens (including phenoxy) is 2. The predicted molar refractivity (Wildman–Crippen MR) is 92.6 cm³/mol. The van der Waals surface area contributed by atoms with Crippen molar-refractivity contribution < 1.29 is 18.7 Å². The molecule has 4 heterocycles. The van der Waals surface area contributed by atoms with Crippen molar-refractivity contribution in [2.24, 2.45) is 0 Å². The highest BCUT2D eigenvalue weighted by molar-refractivity contribution is 5.93. The van der Waals surface area contributed by atoms with Gasteiger partial charge in [0.25, 0.3) is 5.91 Å². The first-order valence-corrected chi connectivity index (χ1v) is 8.83. The molecule has 1 N–H and O–H groups in total. The van der Waals surface area contributed by atoms with Gasteiger partial charge < -0.3 is 24.1 Å². The maximum atomic E-state index is 12.8. The van der Waals surface area contributed by atoms with Crippen LogP contribution in [0.3, 0.4) is 0 Å². The van der Waals surface area contributed by atoms with Crippen LogP contribution in [0.25, 0.3) is 0 Å². The first kappa shape index (κ1) is 17.0. The second kappa shape index (κ2) is 7.05. The maximum absolute atomic E-state index is 12.8. The molecule has 0 unspecified atom stereocenters. The quantitative estimate of drug-likeness (QED) is 0.893. The van der Waals surface area contributed by atoms with E-state index in [0.717, 1.165) is 5.76 Å². The molecule has 26 heavy (non-hydrogen) atoms. The molecule has 8 nitrogen and oxygen atoms in total. The van der Waals surface area contributed by atoms with Gasteiger partial charge in [-0.3, -0.25) is 4.79 Å². The molecule has 1 amide bonds. The zero-order valence-corrected chi connectivity index (χ0v) is 14.7. The van der Waals surface area contributed by atoms with E-state index in [-0.39, 0.29) is 5.91 Å². The first-order valence-electron chi connectivity index (χ1n) is 8.83. The fourth-order valence-corrected chi connectivity index (χ4v) is 3.36. The second-order valence-electron chi connectivity index (χ2n) is 6.52. The molecular weight excluding hydrogens is 336 g/mol. The molecule has 2 aromatic heterocycles. The van der Waals surface area contributed by atoms with Gasteiger partial charge in [0.1, 0.15) is 23.1 Å². The molecule has 0 aromatic carbocycles. The van der Waals surface area contributed by atoms with E-state index in [1.165, 1.54) is 0 Å². The lowest BCUT2D eigenvalue weighted by atomic mass is 10.0. The normalized spacial score (nSPS) is 19.0. The number of carbonyl (C=O) groups is 1. The summed E-state index contributed by atoms with van der Waals surface area (Å²) >= 11 is 0. The highest BCUT2D eigenvalue weighted by Gasteiger charge is 2.41. The van der Waals surface area contributed by atoms with E-state index in [1.807, 2.05) is 12.1 Å². The molecule has 8 heteroatoms. The number of nitrogens with one attached hydrogen (secondary N) is 1. The third kappa shape index (κ3) is 3.56. The van der Waals surface area contributed by atoms with Crippen molar-refractivity contribution in [2.45, 2.75) is 32.1 Å². The van der Waals surface area contributed by atoms with Crippen LogP contribution in [-0.4, -0.2) is 52.9 Å². The minimum Gasteiger partial charge on any atom is -0.467 e. The topological polar surface area (TPSA) is 89.7 Å². The monoisotopic (exact) mass is 358 g/mol.